The summed E-state index contributed by atoms with van der Waals surface area (Å²) in [5, 5.41) is 43.6. The molecule has 4 atom stereocenters. The minimum atomic E-state index is -2.68. The fraction of sp³-hybridized carbons (Fsp3) is 0.391. The first kappa shape index (κ1) is 22.7. The maximum atomic E-state index is 13.6. The highest BCUT2D eigenvalue weighted by molar-refractivity contribution is 6.24. The first-order valence-electron chi connectivity index (χ1n) is 10.3. The number of nitrogens with zero attached hydrogens (tertiary/aromatic N) is 1. The number of phenols is 1. The van der Waals surface area contributed by atoms with E-state index >= 15 is 0 Å². The number of primary amides is 1. The quantitative estimate of drug-likeness (QED) is 0.313. The highest BCUT2D eigenvalue weighted by Gasteiger charge is 2.64. The van der Waals surface area contributed by atoms with E-state index in [1.54, 1.807) is 0 Å². The van der Waals surface area contributed by atoms with Gasteiger partial charge in [-0.2, -0.15) is 0 Å². The molecule has 4 rings (SSSR count). The smallest absolute Gasteiger partial charge is 0.255 e. The number of aliphatic hydroxyl groups excluding tert-OH is 2. The van der Waals surface area contributed by atoms with E-state index in [0.29, 0.717) is 5.56 Å². The predicted octanol–water partition coefficient (Wildman–Crippen LogP) is 0.167. The number of rotatable bonds is 3. The van der Waals surface area contributed by atoms with Gasteiger partial charge in [-0.25, -0.2) is 0 Å². The molecule has 3 aliphatic carbocycles. The molecule has 0 bridgehead atoms. The highest BCUT2D eigenvalue weighted by Crippen LogP contribution is 2.52. The average Bonchev–Trinajstić information content (AvgIpc) is 2.70. The van der Waals surface area contributed by atoms with Crippen LogP contribution in [0, 0.1) is 11.8 Å². The standard InChI is InChI=1S/C23H24N2O8/c1-8(26)10-4-5-13(27)15-11(10)6-9-7-12-17(25(2)3)19(29)16(22(24)32)21(31)23(12,33)20(30)14(9)18(15)28/h4-5,9,12,17,27-28,31,33H,6-7H2,1-3H3,(H2,24,32)/t9-,12-,17-,23+/m0/s1. The van der Waals surface area contributed by atoms with Gasteiger partial charge in [0, 0.05) is 17.1 Å². The fourth-order valence-corrected chi connectivity index (χ4v) is 5.57. The Bertz CT molecular complexity index is 1210. The zero-order valence-corrected chi connectivity index (χ0v) is 18.2. The number of hydrogen-bond acceptors (Lipinski definition) is 9. The van der Waals surface area contributed by atoms with Gasteiger partial charge in [-0.15, -0.1) is 0 Å². The van der Waals surface area contributed by atoms with E-state index in [-0.39, 0.29) is 41.1 Å². The molecule has 3 aliphatic rings. The summed E-state index contributed by atoms with van der Waals surface area (Å²) < 4.78 is 0. The lowest BCUT2D eigenvalue weighted by atomic mass is 9.57. The maximum Gasteiger partial charge on any atom is 0.255 e. The van der Waals surface area contributed by atoms with Gasteiger partial charge >= 0.3 is 0 Å². The van der Waals surface area contributed by atoms with Gasteiger partial charge in [0.05, 0.1) is 11.6 Å². The number of amides is 1. The molecular weight excluding hydrogens is 432 g/mol. The van der Waals surface area contributed by atoms with Crippen molar-refractivity contribution in [3.05, 3.63) is 45.7 Å². The third kappa shape index (κ3) is 2.87. The molecule has 0 heterocycles. The lowest BCUT2D eigenvalue weighted by Crippen LogP contribution is -2.65. The molecule has 10 heteroatoms. The first-order valence-corrected chi connectivity index (χ1v) is 10.3. The van der Waals surface area contributed by atoms with Crippen LogP contribution in [0.2, 0.25) is 0 Å². The van der Waals surface area contributed by atoms with Crippen molar-refractivity contribution in [2.45, 2.75) is 31.4 Å². The summed E-state index contributed by atoms with van der Waals surface area (Å²) in [5.41, 5.74) is 2.01. The largest absolute Gasteiger partial charge is 0.508 e. The van der Waals surface area contributed by atoms with E-state index in [4.69, 9.17) is 5.73 Å². The molecule has 1 amide bonds. The van der Waals surface area contributed by atoms with E-state index in [0.717, 1.165) is 0 Å². The van der Waals surface area contributed by atoms with Gasteiger partial charge in [-0.05, 0) is 57.5 Å². The summed E-state index contributed by atoms with van der Waals surface area (Å²) in [6, 6.07) is 1.50. The Morgan fingerprint density at radius 3 is 2.33 bits per heavy atom. The van der Waals surface area contributed by atoms with Crippen molar-refractivity contribution in [2.24, 2.45) is 17.6 Å². The summed E-state index contributed by atoms with van der Waals surface area (Å²) in [4.78, 5) is 52.2. The molecule has 0 aromatic heterocycles. The van der Waals surface area contributed by atoms with E-state index < -0.39 is 58.0 Å². The normalized spacial score (nSPS) is 29.1. The summed E-state index contributed by atoms with van der Waals surface area (Å²) in [7, 11) is 3.05. The minimum Gasteiger partial charge on any atom is -0.508 e. The molecule has 33 heavy (non-hydrogen) atoms. The van der Waals surface area contributed by atoms with E-state index in [1.807, 2.05) is 0 Å². The zero-order chi connectivity index (χ0) is 24.6. The number of carbonyl (C=O) groups is 4. The molecule has 1 fully saturated rings. The monoisotopic (exact) mass is 456 g/mol. The van der Waals surface area contributed by atoms with Crippen LogP contribution in [-0.4, -0.2) is 74.3 Å². The van der Waals surface area contributed by atoms with Crippen LogP contribution in [0.3, 0.4) is 0 Å². The van der Waals surface area contributed by atoms with Gasteiger partial charge < -0.3 is 26.2 Å². The first-order chi connectivity index (χ1) is 15.3. The van der Waals surface area contributed by atoms with Crippen LogP contribution in [0.4, 0.5) is 0 Å². The molecule has 0 unspecified atom stereocenters. The number of aliphatic hydroxyl groups is 3. The molecule has 0 spiro atoms. The number of aromatic hydroxyl groups is 1. The molecule has 0 aliphatic heterocycles. The van der Waals surface area contributed by atoms with Crippen molar-refractivity contribution in [1.29, 1.82) is 0 Å². The van der Waals surface area contributed by atoms with Crippen LogP contribution in [-0.2, 0) is 20.8 Å². The third-order valence-corrected chi connectivity index (χ3v) is 6.98. The summed E-state index contributed by atoms with van der Waals surface area (Å²) >= 11 is 0. The van der Waals surface area contributed by atoms with Gasteiger partial charge in [0.1, 0.15) is 22.8 Å². The number of phenolic OH excluding ortho intramolecular Hbond substituents is 1. The van der Waals surface area contributed by atoms with Crippen LogP contribution >= 0.6 is 0 Å². The number of carbonyl (C=O) groups excluding carboxylic acids is 4. The Balaban J connectivity index is 2.00. The van der Waals surface area contributed by atoms with Crippen molar-refractivity contribution in [3.8, 4) is 5.75 Å². The Morgan fingerprint density at radius 1 is 1.15 bits per heavy atom. The van der Waals surface area contributed by atoms with Gasteiger partial charge in [0.15, 0.2) is 17.2 Å². The number of ketones is 3. The Kier molecular flexibility index (Phi) is 4.99. The van der Waals surface area contributed by atoms with E-state index in [1.165, 1.54) is 38.1 Å². The predicted molar refractivity (Wildman–Crippen MR) is 114 cm³/mol. The van der Waals surface area contributed by atoms with Crippen LogP contribution in [0.15, 0.2) is 29.0 Å². The SMILES string of the molecule is CC(=O)c1ccc(O)c2c1C[C@H]1C[C@H]3[C@H](N(C)C)C(=O)C(C(N)=O)=C(O)[C@]3(O)C(=O)C1=C2O. The number of Topliss-reactive ketones (excluding diaryl/α,β-unsaturated/α-hetero) is 3. The lowest BCUT2D eigenvalue weighted by molar-refractivity contribution is -0.153. The summed E-state index contributed by atoms with van der Waals surface area (Å²) in [6.45, 7) is 1.34. The molecule has 10 nitrogen and oxygen atoms in total. The average molecular weight is 456 g/mol. The number of fused-ring (bicyclic) bond motifs is 3. The lowest BCUT2D eigenvalue weighted by Gasteiger charge is -2.50. The molecule has 1 aromatic carbocycles. The number of likely N-dealkylation sites (N-methyl/N-ethyl adjacent to an activating group) is 1. The zero-order valence-electron chi connectivity index (χ0n) is 18.2. The molecule has 6 N–H and O–H groups in total. The van der Waals surface area contributed by atoms with E-state index in [9.17, 15) is 39.6 Å². The Labute approximate surface area is 188 Å². The highest BCUT2D eigenvalue weighted by atomic mass is 16.3. The van der Waals surface area contributed by atoms with Crippen LogP contribution in [0.25, 0.3) is 5.76 Å². The van der Waals surface area contributed by atoms with Crippen LogP contribution in [0.1, 0.15) is 34.8 Å². The minimum absolute atomic E-state index is 0.0290. The fourth-order valence-electron chi connectivity index (χ4n) is 5.57. The Hall–Kier alpha value is -3.50. The second-order valence-corrected chi connectivity index (χ2v) is 9.00. The van der Waals surface area contributed by atoms with E-state index in [2.05, 4.69) is 0 Å². The van der Waals surface area contributed by atoms with Gasteiger partial charge in [0.2, 0.25) is 5.78 Å². The van der Waals surface area contributed by atoms with Crippen molar-refractivity contribution >= 4 is 29.0 Å². The van der Waals surface area contributed by atoms with Crippen molar-refractivity contribution in [1.82, 2.24) is 4.90 Å². The molecule has 1 saturated carbocycles. The molecule has 0 radical (unpaired) electrons. The number of nitrogens with two attached hydrogens (primary N) is 1. The van der Waals surface area contributed by atoms with Gasteiger partial charge in [0.25, 0.3) is 5.91 Å². The molecule has 174 valence electrons. The maximum absolute atomic E-state index is 13.6. The second-order valence-electron chi connectivity index (χ2n) is 9.00. The van der Waals surface area contributed by atoms with Crippen LogP contribution in [0.5, 0.6) is 5.75 Å². The number of hydrogen-bond donors (Lipinski definition) is 5. The number of benzene rings is 1. The molecule has 1 aromatic rings. The molecular formula is C23H24N2O8. The van der Waals surface area contributed by atoms with Gasteiger partial charge in [-0.3, -0.25) is 24.1 Å². The summed E-state index contributed by atoms with van der Waals surface area (Å²) in [6.07, 6.45) is 0.0522. The van der Waals surface area contributed by atoms with Crippen LogP contribution < -0.4 is 5.73 Å². The molecule has 0 saturated heterocycles. The van der Waals surface area contributed by atoms with Crippen molar-refractivity contribution in [2.75, 3.05) is 14.1 Å². The summed E-state index contributed by atoms with van der Waals surface area (Å²) in [5.74, 6) is -7.48. The second kappa shape index (κ2) is 7.26. The Morgan fingerprint density at radius 2 is 1.79 bits per heavy atom. The van der Waals surface area contributed by atoms with Crippen molar-refractivity contribution in [3.63, 3.8) is 0 Å². The van der Waals surface area contributed by atoms with Gasteiger partial charge in [-0.1, -0.05) is 0 Å². The topological polar surface area (TPSA) is 178 Å². The van der Waals surface area contributed by atoms with Crippen molar-refractivity contribution < 1.29 is 39.6 Å². The third-order valence-electron chi connectivity index (χ3n) is 6.98.